The van der Waals surface area contributed by atoms with E-state index < -0.39 is 83.8 Å². The maximum absolute atomic E-state index is 14.3. The Morgan fingerprint density at radius 1 is 0.868 bits per heavy atom. The van der Waals surface area contributed by atoms with Gasteiger partial charge in [-0.1, -0.05) is 89.8 Å². The number of carbonyl (C=O) groups excluding carboxylic acids is 7. The molecule has 2 heterocycles. The number of nitrogens with zero attached hydrogens (tertiary/aromatic N) is 1. The van der Waals surface area contributed by atoms with E-state index in [0.717, 1.165) is 22.3 Å². The second kappa shape index (κ2) is 32.7. The number of aliphatic hydroxyl groups is 2. The van der Waals surface area contributed by atoms with Gasteiger partial charge in [0.05, 0.1) is 32.2 Å². The molecule has 2 aliphatic rings. The van der Waals surface area contributed by atoms with Crippen molar-refractivity contribution in [3.05, 3.63) is 90.3 Å². The maximum atomic E-state index is 14.3. The summed E-state index contributed by atoms with van der Waals surface area (Å²) >= 11 is 0. The fourth-order valence-corrected chi connectivity index (χ4v) is 8.96. The molecule has 11 atom stereocenters. The molecule has 0 saturated carbocycles. The van der Waals surface area contributed by atoms with Gasteiger partial charge < -0.3 is 53.0 Å². The van der Waals surface area contributed by atoms with Gasteiger partial charge in [-0.2, -0.15) is 0 Å². The van der Waals surface area contributed by atoms with Gasteiger partial charge in [-0.25, -0.2) is 14.4 Å². The lowest BCUT2D eigenvalue weighted by Crippen LogP contribution is -2.59. The quantitative estimate of drug-likeness (QED) is 0.0107. The van der Waals surface area contributed by atoms with Gasteiger partial charge in [0, 0.05) is 44.9 Å². The van der Waals surface area contributed by atoms with Crippen LogP contribution in [0.15, 0.2) is 84.7 Å². The average Bonchev–Trinajstić information content (AvgIpc) is 3.39. The Bertz CT molecular complexity index is 2220. The van der Waals surface area contributed by atoms with Crippen LogP contribution < -0.4 is 4.74 Å². The third-order valence-corrected chi connectivity index (χ3v) is 14.0. The Morgan fingerprint density at radius 3 is 2.17 bits per heavy atom. The van der Waals surface area contributed by atoms with E-state index in [2.05, 4.69) is 11.3 Å². The predicted octanol–water partition coefficient (Wildman–Crippen LogP) is 8.70. The molecular weight excluding hydrogens is 983 g/mol. The Morgan fingerprint density at radius 2 is 1.54 bits per heavy atom. The van der Waals surface area contributed by atoms with Crippen LogP contribution in [0.1, 0.15) is 119 Å². The third kappa shape index (κ3) is 20.3. The van der Waals surface area contributed by atoms with Crippen molar-refractivity contribution in [1.82, 2.24) is 4.90 Å². The molecule has 422 valence electrons. The maximum Gasteiger partial charge on any atom is 0.513 e. The number of likely N-dealkylation sites (tertiary alicyclic amines) is 1. The fourth-order valence-electron chi connectivity index (χ4n) is 8.96. The van der Waals surface area contributed by atoms with E-state index in [1.165, 1.54) is 7.11 Å². The highest BCUT2D eigenvalue weighted by Gasteiger charge is 2.51. The first kappa shape index (κ1) is 64.5. The van der Waals surface area contributed by atoms with E-state index in [0.29, 0.717) is 50.5 Å². The summed E-state index contributed by atoms with van der Waals surface area (Å²) in [6, 6.07) is 5.35. The molecule has 2 saturated heterocycles. The molecule has 18 heteroatoms. The first-order valence-corrected chi connectivity index (χ1v) is 26.4. The zero-order valence-corrected chi connectivity index (χ0v) is 46.2. The van der Waals surface area contributed by atoms with Gasteiger partial charge in [0.1, 0.15) is 35.9 Å². The molecule has 2 aliphatic heterocycles. The largest absolute Gasteiger partial charge is 0.513 e. The van der Waals surface area contributed by atoms with Gasteiger partial charge in [-0.3, -0.25) is 19.2 Å². The summed E-state index contributed by atoms with van der Waals surface area (Å²) in [6.45, 7) is 17.9. The van der Waals surface area contributed by atoms with Crippen LogP contribution in [-0.4, -0.2) is 133 Å². The smallest absolute Gasteiger partial charge is 0.460 e. The molecule has 0 bridgehead atoms. The average molecular weight is 1070 g/mol. The number of ketones is 3. The molecule has 2 fully saturated rings. The number of esters is 1. The van der Waals surface area contributed by atoms with Crippen LogP contribution in [0.5, 0.6) is 5.75 Å². The number of rotatable bonds is 30. The van der Waals surface area contributed by atoms with Crippen LogP contribution in [0, 0.1) is 29.6 Å². The summed E-state index contributed by atoms with van der Waals surface area (Å²) in [7, 11) is 3.01. The number of methoxy groups -OCH3 is 2. The Hall–Kier alpha value is -5.79. The zero-order valence-electron chi connectivity index (χ0n) is 46.2. The number of Topliss-reactive ketones (excluding diaryl/α,β-unsaturated/α-hetero) is 3. The Balaban J connectivity index is 1.77. The highest BCUT2D eigenvalue weighted by atomic mass is 16.7. The topological polar surface area (TPSA) is 237 Å². The minimum absolute atomic E-state index is 0.00965. The van der Waals surface area contributed by atoms with Crippen molar-refractivity contribution in [3.8, 4) is 5.75 Å². The highest BCUT2D eigenvalue weighted by molar-refractivity contribution is 6.39. The molecule has 1 amide bonds. The predicted molar refractivity (Wildman–Crippen MR) is 282 cm³/mol. The Kier molecular flexibility index (Phi) is 27.8. The minimum Gasteiger partial charge on any atom is -0.460 e. The van der Waals surface area contributed by atoms with E-state index in [1.54, 1.807) is 72.1 Å². The SMILES string of the molecule is C=COC(=O)OCCCCOC(=O)Oc1ccc(C[C@@H](C)[C@H](CC(=O)[C@H](C)/C=C(\C)[C@@H](O)[C@@H](OC)C(=O)[C@H](C)C[C@H](C)/C=C/C=C/C=C(\C)[C@H](C)OC)OC(=O)[C@@H]2CCCCN2C(=O)C(=O)[C@]2(O)OCCC[C@H]2C)cc1. The van der Waals surface area contributed by atoms with E-state index >= 15 is 0 Å². The van der Waals surface area contributed by atoms with Crippen molar-refractivity contribution in [3.63, 3.8) is 0 Å². The number of piperidine rings is 1. The molecule has 1 aromatic rings. The molecule has 0 radical (unpaired) electrons. The number of hydrogen-bond acceptors (Lipinski definition) is 17. The normalized spacial score (nSPS) is 21.6. The summed E-state index contributed by atoms with van der Waals surface area (Å²) in [5.74, 6) is -8.21. The monoisotopic (exact) mass is 1070 g/mol. The van der Waals surface area contributed by atoms with Gasteiger partial charge >= 0.3 is 18.3 Å². The van der Waals surface area contributed by atoms with Crippen molar-refractivity contribution in [1.29, 1.82) is 0 Å². The number of hydrogen-bond donors (Lipinski definition) is 2. The number of benzene rings is 1. The molecule has 0 aliphatic carbocycles. The summed E-state index contributed by atoms with van der Waals surface area (Å²) in [5, 5.41) is 22.7. The van der Waals surface area contributed by atoms with Crippen LogP contribution >= 0.6 is 0 Å². The molecular formula is C58H83NO17. The Labute approximate surface area is 448 Å². The van der Waals surface area contributed by atoms with E-state index in [-0.39, 0.29) is 75.0 Å². The second-order valence-corrected chi connectivity index (χ2v) is 20.1. The van der Waals surface area contributed by atoms with Gasteiger partial charge in [0.2, 0.25) is 5.79 Å². The van der Waals surface area contributed by atoms with Crippen molar-refractivity contribution in [2.75, 3.05) is 40.6 Å². The molecule has 2 N–H and O–H groups in total. The zero-order chi connectivity index (χ0) is 56.5. The van der Waals surface area contributed by atoms with Crippen molar-refractivity contribution < 1.29 is 81.7 Å². The molecule has 0 unspecified atom stereocenters. The molecule has 18 nitrogen and oxygen atoms in total. The molecule has 1 aromatic carbocycles. The van der Waals surface area contributed by atoms with Crippen LogP contribution in [-0.2, 0) is 63.6 Å². The highest BCUT2D eigenvalue weighted by Crippen LogP contribution is 2.32. The fraction of sp³-hybridized carbons (Fsp3) is 0.603. The second-order valence-electron chi connectivity index (χ2n) is 20.1. The number of aliphatic hydroxyl groups excluding tert-OH is 1. The van der Waals surface area contributed by atoms with Gasteiger partial charge in [0.25, 0.3) is 11.7 Å². The first-order chi connectivity index (χ1) is 36.1. The number of unbranched alkanes of at least 4 members (excludes halogenated alkanes) is 1. The van der Waals surface area contributed by atoms with Crippen LogP contribution in [0.25, 0.3) is 0 Å². The van der Waals surface area contributed by atoms with Crippen LogP contribution in [0.4, 0.5) is 9.59 Å². The summed E-state index contributed by atoms with van der Waals surface area (Å²) in [5.41, 5.74) is 2.15. The van der Waals surface area contributed by atoms with Crippen molar-refractivity contribution in [2.24, 2.45) is 29.6 Å². The summed E-state index contributed by atoms with van der Waals surface area (Å²) in [6.07, 6.45) is 10.4. The number of ether oxygens (including phenoxy) is 8. The third-order valence-electron chi connectivity index (χ3n) is 14.0. The van der Waals surface area contributed by atoms with Gasteiger partial charge in [-0.15, -0.1) is 0 Å². The lowest BCUT2D eigenvalue weighted by molar-refractivity contribution is -0.241. The minimum atomic E-state index is -2.33. The molecule has 0 spiro atoms. The van der Waals surface area contributed by atoms with Crippen molar-refractivity contribution >= 4 is 41.5 Å². The van der Waals surface area contributed by atoms with E-state index in [4.69, 9.17) is 33.2 Å². The van der Waals surface area contributed by atoms with Gasteiger partial charge in [-0.05, 0) is 119 Å². The lowest BCUT2D eigenvalue weighted by atomic mass is 9.86. The van der Waals surface area contributed by atoms with E-state index in [9.17, 15) is 43.8 Å². The summed E-state index contributed by atoms with van der Waals surface area (Å²) < 4.78 is 42.3. The van der Waals surface area contributed by atoms with Crippen molar-refractivity contribution in [2.45, 2.75) is 156 Å². The first-order valence-electron chi connectivity index (χ1n) is 26.4. The summed E-state index contributed by atoms with van der Waals surface area (Å²) in [4.78, 5) is 94.3. The molecule has 76 heavy (non-hydrogen) atoms. The number of carbonyl (C=O) groups is 7. The molecule has 3 rings (SSSR count). The standard InChI is InChI=1S/C58H83NO17/c1-12-71-56(66)72-30-18-19-31-73-57(67)75-46-27-25-45(26-28-46)35-40(5)49(76-55(65)47-24-16-17-29-59(47)54(64)53(63)58(68)43(8)23-20-32-74-58)36-48(60)39(4)34-42(7)51(62)52(70-11)50(61)41(6)33-37(2)21-14-13-15-22-38(3)44(9)69-10/h12-15,21-22,25-28,34,37,39-41,43-44,47,49,51-52,62,68H,1,16-20,23-24,29-33,35-36H2,2-11H3/b15-13+,21-14+,38-22+,42-34+/t37-,39-,40-,41-,43-,44+,47+,49+,51-,52+,58-/m1/s1. The van der Waals surface area contributed by atoms with E-state index in [1.807, 2.05) is 51.2 Å². The molecule has 0 aromatic heterocycles. The number of amides is 1. The number of allylic oxidation sites excluding steroid dienone is 6. The van der Waals surface area contributed by atoms with Crippen LogP contribution in [0.3, 0.4) is 0 Å². The van der Waals surface area contributed by atoms with Gasteiger partial charge in [0.15, 0.2) is 5.78 Å². The lowest BCUT2D eigenvalue weighted by Gasteiger charge is -2.39. The van der Waals surface area contributed by atoms with Crippen LogP contribution in [0.2, 0.25) is 0 Å².